The van der Waals surface area contributed by atoms with Crippen LogP contribution in [0.1, 0.15) is 17.5 Å². The number of morpholine rings is 1. The number of amides is 1. The number of carboxylic acid groups (broad SMARTS) is 1. The lowest BCUT2D eigenvalue weighted by Crippen LogP contribution is -2.49. The van der Waals surface area contributed by atoms with Crippen molar-refractivity contribution in [1.82, 2.24) is 4.90 Å². The van der Waals surface area contributed by atoms with Crippen LogP contribution >= 0.6 is 0 Å². The van der Waals surface area contributed by atoms with Gasteiger partial charge in [-0.3, -0.25) is 4.79 Å². The fourth-order valence-corrected chi connectivity index (χ4v) is 2.84. The van der Waals surface area contributed by atoms with Gasteiger partial charge in [0.2, 0.25) is 5.91 Å². The number of hydrogen-bond acceptors (Lipinski definition) is 4. The summed E-state index contributed by atoms with van der Waals surface area (Å²) in [6, 6.07) is 5.83. The van der Waals surface area contributed by atoms with Gasteiger partial charge in [0.25, 0.3) is 0 Å². The highest BCUT2D eigenvalue weighted by atomic mass is 16.5. The molecule has 1 aromatic rings. The van der Waals surface area contributed by atoms with E-state index in [0.29, 0.717) is 6.54 Å². The van der Waals surface area contributed by atoms with Gasteiger partial charge in [-0.25, -0.2) is 4.79 Å². The molecule has 6 heteroatoms. The van der Waals surface area contributed by atoms with Crippen molar-refractivity contribution >= 4 is 11.9 Å². The van der Waals surface area contributed by atoms with Gasteiger partial charge < -0.3 is 19.5 Å². The van der Waals surface area contributed by atoms with Crippen molar-refractivity contribution in [3.05, 3.63) is 29.3 Å². The lowest BCUT2D eigenvalue weighted by atomic mass is 10.0. The molecule has 1 N–H and O–H groups in total. The van der Waals surface area contributed by atoms with E-state index in [-0.39, 0.29) is 25.5 Å². The van der Waals surface area contributed by atoms with E-state index >= 15 is 0 Å². The third-order valence-corrected chi connectivity index (χ3v) is 4.02. The molecule has 1 aromatic carbocycles. The molecular formula is C16H19NO5. The first-order chi connectivity index (χ1) is 10.6. The second kappa shape index (κ2) is 6.36. The topological polar surface area (TPSA) is 76.1 Å². The molecule has 3 rings (SSSR count). The number of aryl methyl sites for hydroxylation is 1. The van der Waals surface area contributed by atoms with Crippen LogP contribution in [-0.4, -0.2) is 54.3 Å². The Bertz CT molecular complexity index is 586. The van der Waals surface area contributed by atoms with Crippen LogP contribution in [0.4, 0.5) is 0 Å². The fraction of sp³-hybridized carbons (Fsp3) is 0.500. The molecule has 0 aliphatic carbocycles. The number of carbonyl (C=O) groups is 2. The Morgan fingerprint density at radius 3 is 3.00 bits per heavy atom. The van der Waals surface area contributed by atoms with Crippen LogP contribution in [0, 0.1) is 0 Å². The highest BCUT2D eigenvalue weighted by Gasteiger charge is 2.28. The lowest BCUT2D eigenvalue weighted by Gasteiger charge is -2.31. The summed E-state index contributed by atoms with van der Waals surface area (Å²) in [5, 5.41) is 8.98. The van der Waals surface area contributed by atoms with Gasteiger partial charge in [-0.05, 0) is 30.0 Å². The van der Waals surface area contributed by atoms with Gasteiger partial charge in [-0.15, -0.1) is 0 Å². The number of rotatable bonds is 3. The van der Waals surface area contributed by atoms with Gasteiger partial charge in [0.15, 0.2) is 6.10 Å². The highest BCUT2D eigenvalue weighted by molar-refractivity contribution is 5.80. The molecule has 0 unspecified atom stereocenters. The van der Waals surface area contributed by atoms with Crippen LogP contribution in [0.15, 0.2) is 18.2 Å². The number of ether oxygens (including phenoxy) is 2. The van der Waals surface area contributed by atoms with E-state index in [1.165, 1.54) is 0 Å². The molecule has 2 heterocycles. The Balaban J connectivity index is 1.65. The Hall–Kier alpha value is -2.08. The number of benzene rings is 1. The number of fused-ring (bicyclic) bond motifs is 1. The first-order valence-corrected chi connectivity index (χ1v) is 7.50. The SMILES string of the molecule is O=C(O)[C@H]1CN(C(=O)Cc2ccc3c(c2)CCCO3)CCO1. The molecule has 6 nitrogen and oxygen atoms in total. The van der Waals surface area contributed by atoms with E-state index < -0.39 is 12.1 Å². The number of carboxylic acids is 1. The van der Waals surface area contributed by atoms with E-state index in [0.717, 1.165) is 36.3 Å². The van der Waals surface area contributed by atoms with Crippen LogP contribution in [0.5, 0.6) is 5.75 Å². The molecule has 0 spiro atoms. The summed E-state index contributed by atoms with van der Waals surface area (Å²) in [4.78, 5) is 24.9. The molecular weight excluding hydrogens is 286 g/mol. The van der Waals surface area contributed by atoms with E-state index in [2.05, 4.69) is 0 Å². The molecule has 1 fully saturated rings. The van der Waals surface area contributed by atoms with Crippen molar-refractivity contribution in [1.29, 1.82) is 0 Å². The third kappa shape index (κ3) is 3.22. The normalized spacial score (nSPS) is 20.9. The third-order valence-electron chi connectivity index (χ3n) is 4.02. The molecule has 2 aliphatic rings. The van der Waals surface area contributed by atoms with E-state index in [9.17, 15) is 9.59 Å². The molecule has 0 aromatic heterocycles. The molecule has 0 bridgehead atoms. The van der Waals surface area contributed by atoms with Crippen molar-refractivity contribution in [2.75, 3.05) is 26.3 Å². The average molecular weight is 305 g/mol. The number of aliphatic carboxylic acids is 1. The zero-order valence-electron chi connectivity index (χ0n) is 12.3. The summed E-state index contributed by atoms with van der Waals surface area (Å²) in [6.07, 6.45) is 1.32. The van der Waals surface area contributed by atoms with Crippen molar-refractivity contribution < 1.29 is 24.2 Å². The summed E-state index contributed by atoms with van der Waals surface area (Å²) in [5.41, 5.74) is 2.08. The van der Waals surface area contributed by atoms with Crippen LogP contribution in [0.2, 0.25) is 0 Å². The minimum atomic E-state index is -1.02. The second-order valence-electron chi connectivity index (χ2n) is 5.61. The minimum absolute atomic E-state index is 0.0637. The smallest absolute Gasteiger partial charge is 0.334 e. The fourth-order valence-electron chi connectivity index (χ4n) is 2.84. The molecule has 1 amide bonds. The van der Waals surface area contributed by atoms with Crippen LogP contribution < -0.4 is 4.74 Å². The van der Waals surface area contributed by atoms with Crippen LogP contribution in [-0.2, 0) is 27.2 Å². The molecule has 22 heavy (non-hydrogen) atoms. The molecule has 0 saturated carbocycles. The summed E-state index contributed by atoms with van der Waals surface area (Å²) >= 11 is 0. The predicted octanol–water partition coefficient (Wildman–Crippen LogP) is 0.866. The van der Waals surface area contributed by atoms with Crippen molar-refractivity contribution in [2.45, 2.75) is 25.4 Å². The Morgan fingerprint density at radius 2 is 2.18 bits per heavy atom. The van der Waals surface area contributed by atoms with Gasteiger partial charge >= 0.3 is 5.97 Å². The maximum atomic E-state index is 12.3. The van der Waals surface area contributed by atoms with E-state index in [1.807, 2.05) is 18.2 Å². The summed E-state index contributed by atoms with van der Waals surface area (Å²) in [7, 11) is 0. The molecule has 0 radical (unpaired) electrons. The molecule has 2 aliphatic heterocycles. The predicted molar refractivity (Wildman–Crippen MR) is 77.9 cm³/mol. The van der Waals surface area contributed by atoms with E-state index in [1.54, 1.807) is 4.90 Å². The average Bonchev–Trinajstić information content (AvgIpc) is 2.55. The largest absolute Gasteiger partial charge is 0.493 e. The summed E-state index contributed by atoms with van der Waals surface area (Å²) in [6.45, 7) is 1.56. The maximum absolute atomic E-state index is 12.3. The Labute approximate surface area is 128 Å². The van der Waals surface area contributed by atoms with Gasteiger partial charge in [-0.2, -0.15) is 0 Å². The first kappa shape index (κ1) is 14.8. The lowest BCUT2D eigenvalue weighted by molar-refractivity contribution is -0.159. The number of nitrogens with zero attached hydrogens (tertiary/aromatic N) is 1. The first-order valence-electron chi connectivity index (χ1n) is 7.50. The van der Waals surface area contributed by atoms with Gasteiger partial charge in [0.1, 0.15) is 5.75 Å². The summed E-state index contributed by atoms with van der Waals surface area (Å²) in [5.74, 6) is -0.186. The Morgan fingerprint density at radius 1 is 1.32 bits per heavy atom. The molecule has 118 valence electrons. The van der Waals surface area contributed by atoms with Crippen molar-refractivity contribution in [3.8, 4) is 5.75 Å². The van der Waals surface area contributed by atoms with Gasteiger partial charge in [0.05, 0.1) is 26.2 Å². The molecule has 1 atom stereocenters. The monoisotopic (exact) mass is 305 g/mol. The van der Waals surface area contributed by atoms with Crippen LogP contribution in [0.25, 0.3) is 0 Å². The van der Waals surface area contributed by atoms with E-state index in [4.69, 9.17) is 14.6 Å². The number of carbonyl (C=O) groups excluding carboxylic acids is 1. The summed E-state index contributed by atoms with van der Waals surface area (Å²) < 4.78 is 10.7. The zero-order chi connectivity index (χ0) is 15.5. The van der Waals surface area contributed by atoms with Gasteiger partial charge in [-0.1, -0.05) is 12.1 Å². The van der Waals surface area contributed by atoms with Crippen LogP contribution in [0.3, 0.4) is 0 Å². The van der Waals surface area contributed by atoms with Gasteiger partial charge in [0, 0.05) is 6.54 Å². The quantitative estimate of drug-likeness (QED) is 0.896. The molecule has 1 saturated heterocycles. The second-order valence-corrected chi connectivity index (χ2v) is 5.61. The maximum Gasteiger partial charge on any atom is 0.334 e. The standard InChI is InChI=1S/C16H19NO5/c18-15(17-5-7-22-14(10-17)16(19)20)9-11-3-4-13-12(8-11)2-1-6-21-13/h3-4,8,14H,1-2,5-7,9-10H2,(H,19,20)/t14-/m1/s1. The zero-order valence-corrected chi connectivity index (χ0v) is 12.3. The highest BCUT2D eigenvalue weighted by Crippen LogP contribution is 2.26. The van der Waals surface area contributed by atoms with Crippen molar-refractivity contribution in [2.24, 2.45) is 0 Å². The Kier molecular flexibility index (Phi) is 4.29. The van der Waals surface area contributed by atoms with Crippen molar-refractivity contribution in [3.63, 3.8) is 0 Å². The minimum Gasteiger partial charge on any atom is -0.493 e. The number of hydrogen-bond donors (Lipinski definition) is 1.